The monoisotopic (exact) mass is 278 g/mol. The van der Waals surface area contributed by atoms with Crippen molar-refractivity contribution >= 4 is 37.1 Å². The second-order valence-corrected chi connectivity index (χ2v) is 3.67. The van der Waals surface area contributed by atoms with Crippen LogP contribution in [0.25, 0.3) is 0 Å². The molecule has 11 heavy (non-hydrogen) atoms. The molecule has 0 heterocycles. The molecule has 0 aliphatic carbocycles. The van der Waals surface area contributed by atoms with E-state index in [1.165, 1.54) is 26.1 Å². The van der Waals surface area contributed by atoms with Crippen molar-refractivity contribution in [2.45, 2.75) is 0 Å². The summed E-state index contributed by atoms with van der Waals surface area (Å²) in [6.07, 6.45) is 0. The predicted octanol–water partition coefficient (Wildman–Crippen LogP) is 0.249. The molecule has 0 unspecified atom stereocenters. The quantitative estimate of drug-likeness (QED) is 0.320. The van der Waals surface area contributed by atoms with E-state index in [1.54, 1.807) is 0 Å². The molecular weight excluding hydrogens is 271 g/mol. The van der Waals surface area contributed by atoms with E-state index in [0.717, 1.165) is 0 Å². The Hall–Kier alpha value is -0.0713. The second kappa shape index (κ2) is 6.63. The number of benzene rings is 1. The first-order valence-corrected chi connectivity index (χ1v) is 5.14. The molecule has 1 aromatic rings. The van der Waals surface area contributed by atoms with Crippen LogP contribution < -0.4 is 3.58 Å². The molecule has 1 aromatic carbocycles. The molecular formula is C6H6O3SSn. The summed E-state index contributed by atoms with van der Waals surface area (Å²) in [6, 6.07) is 10.4. The van der Waals surface area contributed by atoms with Crippen molar-refractivity contribution in [3.63, 3.8) is 0 Å². The van der Waals surface area contributed by atoms with E-state index < -0.39 is 11.0 Å². The van der Waals surface area contributed by atoms with E-state index >= 15 is 0 Å². The molecule has 5 heteroatoms. The van der Waals surface area contributed by atoms with Gasteiger partial charge in [-0.3, -0.25) is 0 Å². The predicted molar refractivity (Wildman–Crippen MR) is 43.2 cm³/mol. The van der Waals surface area contributed by atoms with Crippen LogP contribution in [0.5, 0.6) is 0 Å². The fourth-order valence-corrected chi connectivity index (χ4v) is 0.987. The Labute approximate surface area is 80.3 Å². The van der Waals surface area contributed by atoms with Gasteiger partial charge in [-0.2, -0.15) is 0 Å². The zero-order valence-corrected chi connectivity index (χ0v) is 9.23. The van der Waals surface area contributed by atoms with Gasteiger partial charge in [0.05, 0.1) is 0 Å². The maximum atomic E-state index is 8.56. The van der Waals surface area contributed by atoms with Crippen molar-refractivity contribution in [1.82, 2.24) is 0 Å². The van der Waals surface area contributed by atoms with Crippen LogP contribution in [0, 0.1) is 0 Å². The molecule has 0 atom stereocenters. The summed E-state index contributed by atoms with van der Waals surface area (Å²) in [5.74, 6) is 0. The normalized spacial score (nSPS) is 8.55. The van der Waals surface area contributed by atoms with Gasteiger partial charge in [0.15, 0.2) is 0 Å². The number of hydrogen-bond donors (Lipinski definition) is 1. The summed E-state index contributed by atoms with van der Waals surface area (Å²) >= 11 is 1.49. The fourth-order valence-electron chi connectivity index (χ4n) is 0.438. The molecule has 0 bridgehead atoms. The molecule has 58 valence electrons. The van der Waals surface area contributed by atoms with Gasteiger partial charge in [0, 0.05) is 11.0 Å². The van der Waals surface area contributed by atoms with Gasteiger partial charge >= 0.3 is 56.4 Å². The minimum absolute atomic E-state index is 1.41. The van der Waals surface area contributed by atoms with Gasteiger partial charge in [-0.25, -0.2) is 0 Å². The standard InChI is InChI=1S/C6H5.HO3S.Sn/c1-2-4-6-5-3-1;1-4(2)3;/h1-5H;(H,1,2,3);/q;-1;+1. The minimum atomic E-state index is -2.86. The fraction of sp³-hybridized carbons (Fsp3) is 0. The van der Waals surface area contributed by atoms with Crippen molar-refractivity contribution in [1.29, 1.82) is 0 Å². The van der Waals surface area contributed by atoms with Crippen LogP contribution in [0.1, 0.15) is 0 Å². The molecule has 0 saturated heterocycles. The third kappa shape index (κ3) is 9.93. The zero-order chi connectivity index (χ0) is 8.69. The maximum absolute atomic E-state index is 8.56. The van der Waals surface area contributed by atoms with Crippen LogP contribution in [0.3, 0.4) is 0 Å². The van der Waals surface area contributed by atoms with Gasteiger partial charge in [0.25, 0.3) is 0 Å². The van der Waals surface area contributed by atoms with Gasteiger partial charge in [-0.15, -0.1) is 0 Å². The Bertz CT molecular complexity index is 250. The van der Waals surface area contributed by atoms with Crippen molar-refractivity contribution in [2.75, 3.05) is 0 Å². The first-order valence-electron chi connectivity index (χ1n) is 2.68. The number of hydrogen-bond acceptors (Lipinski definition) is 3. The van der Waals surface area contributed by atoms with Crippen LogP contribution in [-0.4, -0.2) is 27.1 Å². The summed E-state index contributed by atoms with van der Waals surface area (Å²) in [5.41, 5.74) is 0. The summed E-state index contributed by atoms with van der Waals surface area (Å²) in [5, 5.41) is 0. The van der Waals surface area contributed by atoms with E-state index in [2.05, 4.69) is 24.3 Å². The molecule has 0 aromatic heterocycles. The molecule has 3 nitrogen and oxygen atoms in total. The van der Waals surface area contributed by atoms with Crippen molar-refractivity contribution in [3.8, 4) is 0 Å². The van der Waals surface area contributed by atoms with Gasteiger partial charge in [0.2, 0.25) is 0 Å². The molecule has 0 aliphatic heterocycles. The Kier molecular flexibility index (Phi) is 6.58. The van der Waals surface area contributed by atoms with Crippen LogP contribution in [0.15, 0.2) is 30.3 Å². The molecule has 1 N–H and O–H groups in total. The third-order valence-corrected chi connectivity index (χ3v) is 1.73. The van der Waals surface area contributed by atoms with Crippen molar-refractivity contribution < 1.29 is 13.0 Å². The summed E-state index contributed by atoms with van der Waals surface area (Å²) in [6.45, 7) is 0. The molecule has 0 fully saturated rings. The third-order valence-electron chi connectivity index (χ3n) is 0.774. The summed E-state index contributed by atoms with van der Waals surface area (Å²) in [4.78, 5) is 0. The van der Waals surface area contributed by atoms with Crippen LogP contribution in [0.4, 0.5) is 0 Å². The van der Waals surface area contributed by atoms with Crippen LogP contribution >= 0.6 is 0 Å². The first-order chi connectivity index (χ1) is 5.13. The Morgan fingerprint density at radius 3 is 1.73 bits per heavy atom. The topological polar surface area (TPSA) is 54.4 Å². The molecule has 0 aliphatic rings. The molecule has 0 amide bonds. The zero-order valence-electron chi connectivity index (χ0n) is 5.56. The van der Waals surface area contributed by atoms with E-state index in [9.17, 15) is 0 Å². The Balaban J connectivity index is 0.000000218. The van der Waals surface area contributed by atoms with E-state index in [0.29, 0.717) is 0 Å². The second-order valence-electron chi connectivity index (χ2n) is 1.58. The molecule has 2 radical (unpaired) electrons. The molecule has 0 spiro atoms. The van der Waals surface area contributed by atoms with E-state index in [1.807, 2.05) is 6.07 Å². The van der Waals surface area contributed by atoms with E-state index in [4.69, 9.17) is 13.0 Å². The summed E-state index contributed by atoms with van der Waals surface area (Å²) in [7, 11) is -2.86. The van der Waals surface area contributed by atoms with Crippen LogP contribution in [0.2, 0.25) is 0 Å². The Morgan fingerprint density at radius 1 is 1.18 bits per heavy atom. The SMILES string of the molecule is O=[S-](=O)O.[Sn+][c]1ccccc1. The average Bonchev–Trinajstić information content (AvgIpc) is 1.87. The van der Waals surface area contributed by atoms with Gasteiger partial charge in [-0.1, -0.05) is 0 Å². The van der Waals surface area contributed by atoms with Gasteiger partial charge in [-0.05, 0) is 0 Å². The Morgan fingerprint density at radius 2 is 1.55 bits per heavy atom. The van der Waals surface area contributed by atoms with Crippen LogP contribution in [-0.2, 0) is 19.4 Å². The molecule has 0 saturated carbocycles. The van der Waals surface area contributed by atoms with Gasteiger partial charge < -0.3 is 13.0 Å². The van der Waals surface area contributed by atoms with Crippen molar-refractivity contribution in [2.24, 2.45) is 0 Å². The average molecular weight is 277 g/mol. The number of rotatable bonds is 0. The summed E-state index contributed by atoms with van der Waals surface area (Å²) < 4.78 is 25.5. The first kappa shape index (κ1) is 10.9. The van der Waals surface area contributed by atoms with Gasteiger partial charge in [0.1, 0.15) is 0 Å². The van der Waals surface area contributed by atoms with Crippen molar-refractivity contribution in [3.05, 3.63) is 30.3 Å². The molecule has 1 rings (SSSR count). The van der Waals surface area contributed by atoms with E-state index in [-0.39, 0.29) is 0 Å².